The zero-order valence-corrected chi connectivity index (χ0v) is 24.0. The molecule has 2 aliphatic heterocycles. The number of amides is 3. The Morgan fingerprint density at radius 3 is 2.67 bits per heavy atom. The van der Waals surface area contributed by atoms with Gasteiger partial charge in [0, 0.05) is 35.3 Å². The Hall–Kier alpha value is -3.96. The molecule has 3 aromatic rings. The molecule has 1 aromatic heterocycles. The molecule has 0 saturated carbocycles. The van der Waals surface area contributed by atoms with Gasteiger partial charge in [-0.3, -0.25) is 19.4 Å². The average Bonchev–Trinajstić information content (AvgIpc) is 3.41. The number of likely N-dealkylation sites (tertiary alicyclic amines) is 1. The number of nitriles is 1. The van der Waals surface area contributed by atoms with Crippen LogP contribution in [0.5, 0.6) is 0 Å². The number of para-hydroxylation sites is 1. The number of nitrogens with one attached hydrogen (secondary N) is 2. The molecular formula is C31H32ClN5O3. The van der Waals surface area contributed by atoms with Crippen LogP contribution >= 0.6 is 11.6 Å². The highest BCUT2D eigenvalue weighted by molar-refractivity contribution is 6.35. The molecule has 206 valence electrons. The summed E-state index contributed by atoms with van der Waals surface area (Å²) in [5.74, 6) is -1.05. The largest absolute Gasteiger partial charge is 0.340 e. The van der Waals surface area contributed by atoms with Gasteiger partial charge < -0.3 is 15.5 Å². The van der Waals surface area contributed by atoms with E-state index in [2.05, 4.69) is 21.7 Å². The normalized spacial score (nSPS) is 20.8. The Morgan fingerprint density at radius 1 is 1.25 bits per heavy atom. The van der Waals surface area contributed by atoms with Crippen molar-refractivity contribution in [2.75, 3.05) is 11.9 Å². The number of carbonyl (C=O) groups is 3. The van der Waals surface area contributed by atoms with Gasteiger partial charge in [0.1, 0.15) is 12.1 Å². The summed E-state index contributed by atoms with van der Waals surface area (Å²) < 4.78 is 0. The molecule has 2 aliphatic rings. The van der Waals surface area contributed by atoms with Gasteiger partial charge in [-0.15, -0.1) is 0 Å². The van der Waals surface area contributed by atoms with Crippen LogP contribution in [-0.2, 0) is 15.0 Å². The molecule has 0 aliphatic carbocycles. The van der Waals surface area contributed by atoms with E-state index in [1.807, 2.05) is 65.0 Å². The molecule has 9 heteroatoms. The van der Waals surface area contributed by atoms with E-state index in [-0.39, 0.29) is 30.2 Å². The highest BCUT2D eigenvalue weighted by Gasteiger charge is 2.56. The molecule has 0 radical (unpaired) electrons. The summed E-state index contributed by atoms with van der Waals surface area (Å²) in [6.45, 7) is 9.86. The van der Waals surface area contributed by atoms with Gasteiger partial charge in [0.15, 0.2) is 0 Å². The van der Waals surface area contributed by atoms with Gasteiger partial charge in [0.25, 0.3) is 5.91 Å². The predicted molar refractivity (Wildman–Crippen MR) is 154 cm³/mol. The average molecular weight is 558 g/mol. The van der Waals surface area contributed by atoms with Crippen molar-refractivity contribution < 1.29 is 14.4 Å². The van der Waals surface area contributed by atoms with Gasteiger partial charge in [-0.25, -0.2) is 0 Å². The number of halogens is 1. The first-order valence-electron chi connectivity index (χ1n) is 13.3. The van der Waals surface area contributed by atoms with Crippen molar-refractivity contribution in [2.24, 2.45) is 5.41 Å². The first kappa shape index (κ1) is 27.6. The van der Waals surface area contributed by atoms with Crippen LogP contribution in [-0.4, -0.2) is 46.2 Å². The summed E-state index contributed by atoms with van der Waals surface area (Å²) in [7, 11) is 0. The van der Waals surface area contributed by atoms with Crippen LogP contribution in [0, 0.1) is 30.6 Å². The minimum absolute atomic E-state index is 0.0650. The second-order valence-corrected chi connectivity index (χ2v) is 12.5. The molecule has 2 N–H and O–H groups in total. The highest BCUT2D eigenvalue weighted by atomic mass is 35.5. The molecule has 0 bridgehead atoms. The molecule has 1 fully saturated rings. The lowest BCUT2D eigenvalue weighted by Gasteiger charge is -2.31. The van der Waals surface area contributed by atoms with Gasteiger partial charge >= 0.3 is 0 Å². The third-order valence-electron chi connectivity index (χ3n) is 7.91. The van der Waals surface area contributed by atoms with E-state index in [1.54, 1.807) is 12.1 Å². The van der Waals surface area contributed by atoms with Gasteiger partial charge in [0.05, 0.1) is 22.0 Å². The summed E-state index contributed by atoms with van der Waals surface area (Å²) in [4.78, 5) is 46.8. The maximum Gasteiger partial charge on any atom is 0.252 e. The van der Waals surface area contributed by atoms with E-state index in [9.17, 15) is 19.6 Å². The summed E-state index contributed by atoms with van der Waals surface area (Å²) >= 11 is 6.51. The summed E-state index contributed by atoms with van der Waals surface area (Å²) in [5.41, 5.74) is 2.93. The number of hydrogen-bond acceptors (Lipinski definition) is 5. The number of benzene rings is 2. The molecule has 3 amide bonds. The fourth-order valence-electron chi connectivity index (χ4n) is 5.81. The SMILES string of the molecule is Cc1cc2cc(C(=O)N[C@@H](CC(C)(C)C)C(=O)N3C[C@]4(C[C@H]3C#N)C(=O)Nc3ccccc34)cc(Cl)c2nc1C. The van der Waals surface area contributed by atoms with Crippen LogP contribution in [0.3, 0.4) is 0 Å². The van der Waals surface area contributed by atoms with Crippen molar-refractivity contribution >= 4 is 45.9 Å². The minimum atomic E-state index is -1.00. The van der Waals surface area contributed by atoms with Crippen LogP contribution in [0.4, 0.5) is 5.69 Å². The molecule has 1 spiro atoms. The number of aromatic nitrogens is 1. The second-order valence-electron chi connectivity index (χ2n) is 12.1. The number of rotatable bonds is 4. The van der Waals surface area contributed by atoms with Gasteiger partial charge in [-0.05, 0) is 61.1 Å². The molecular weight excluding hydrogens is 526 g/mol. The monoisotopic (exact) mass is 557 g/mol. The Bertz CT molecular complexity index is 1600. The van der Waals surface area contributed by atoms with Gasteiger partial charge in [-0.1, -0.05) is 50.6 Å². The number of pyridine rings is 1. The van der Waals surface area contributed by atoms with Crippen LogP contribution in [0.1, 0.15) is 60.8 Å². The van der Waals surface area contributed by atoms with Crippen molar-refractivity contribution in [3.63, 3.8) is 0 Å². The molecule has 3 heterocycles. The standard InChI is InChI=1S/C31H32ClN5O3/c1-17-10-19-11-20(12-23(32)26(19)34-18(17)2)27(38)35-25(14-30(3,4)5)28(39)37-16-31(13-21(37)15-33)22-8-6-7-9-24(22)36-29(31)40/h6-12,21,25H,13-14,16H2,1-5H3,(H,35,38)(H,36,40)/t21-,25-,31-/m0/s1. The molecule has 5 rings (SSSR count). The smallest absolute Gasteiger partial charge is 0.252 e. The number of anilines is 1. The van der Waals surface area contributed by atoms with Crippen molar-refractivity contribution in [1.82, 2.24) is 15.2 Å². The zero-order valence-electron chi connectivity index (χ0n) is 23.3. The summed E-state index contributed by atoms with van der Waals surface area (Å²) in [6, 6.07) is 13.1. The Balaban J connectivity index is 1.46. The quantitative estimate of drug-likeness (QED) is 0.465. The van der Waals surface area contributed by atoms with Crippen LogP contribution in [0.15, 0.2) is 42.5 Å². The van der Waals surface area contributed by atoms with E-state index in [0.29, 0.717) is 28.2 Å². The zero-order chi connectivity index (χ0) is 29.0. The Kier molecular flexibility index (Phi) is 6.83. The molecule has 1 saturated heterocycles. The summed E-state index contributed by atoms with van der Waals surface area (Å²) in [5, 5.41) is 16.9. The third-order valence-corrected chi connectivity index (χ3v) is 8.20. The Labute approximate surface area is 238 Å². The molecule has 0 unspecified atom stereocenters. The number of fused-ring (bicyclic) bond motifs is 3. The lowest BCUT2D eigenvalue weighted by atomic mass is 9.80. The lowest BCUT2D eigenvalue weighted by molar-refractivity contribution is -0.134. The van der Waals surface area contributed by atoms with E-state index >= 15 is 0 Å². The lowest BCUT2D eigenvalue weighted by Crippen LogP contribution is -2.52. The van der Waals surface area contributed by atoms with Crippen LogP contribution in [0.25, 0.3) is 10.9 Å². The third kappa shape index (κ3) is 4.79. The van der Waals surface area contributed by atoms with Crippen LogP contribution in [0.2, 0.25) is 5.02 Å². The molecule has 40 heavy (non-hydrogen) atoms. The van der Waals surface area contributed by atoms with E-state index < -0.39 is 23.4 Å². The first-order chi connectivity index (χ1) is 18.8. The first-order valence-corrected chi connectivity index (χ1v) is 13.7. The fourth-order valence-corrected chi connectivity index (χ4v) is 6.08. The fraction of sp³-hybridized carbons (Fsp3) is 0.387. The Morgan fingerprint density at radius 2 is 1.98 bits per heavy atom. The molecule has 8 nitrogen and oxygen atoms in total. The van der Waals surface area contributed by atoms with Gasteiger partial charge in [-0.2, -0.15) is 5.26 Å². The maximum absolute atomic E-state index is 14.1. The number of aryl methyl sites for hydroxylation is 2. The predicted octanol–water partition coefficient (Wildman–Crippen LogP) is 5.05. The van der Waals surface area contributed by atoms with Crippen molar-refractivity contribution in [1.29, 1.82) is 5.26 Å². The molecule has 2 aromatic carbocycles. The second kappa shape index (κ2) is 9.90. The van der Waals surface area contributed by atoms with Crippen molar-refractivity contribution in [2.45, 2.75) is 65.0 Å². The van der Waals surface area contributed by atoms with Gasteiger partial charge in [0.2, 0.25) is 11.8 Å². The number of hydrogen-bond donors (Lipinski definition) is 2. The number of carbonyl (C=O) groups excluding carboxylic acids is 3. The van der Waals surface area contributed by atoms with E-state index in [1.165, 1.54) is 4.90 Å². The van der Waals surface area contributed by atoms with E-state index in [0.717, 1.165) is 22.2 Å². The highest BCUT2D eigenvalue weighted by Crippen LogP contribution is 2.46. The van der Waals surface area contributed by atoms with Crippen molar-refractivity contribution in [3.8, 4) is 6.07 Å². The van der Waals surface area contributed by atoms with Crippen LogP contribution < -0.4 is 10.6 Å². The van der Waals surface area contributed by atoms with Crippen molar-refractivity contribution in [3.05, 3.63) is 69.9 Å². The minimum Gasteiger partial charge on any atom is -0.340 e. The van der Waals surface area contributed by atoms with E-state index in [4.69, 9.17) is 11.6 Å². The molecule has 3 atom stereocenters. The maximum atomic E-state index is 14.1. The topological polar surface area (TPSA) is 115 Å². The summed E-state index contributed by atoms with van der Waals surface area (Å²) in [6.07, 6.45) is 0.531. The number of nitrogens with zero attached hydrogens (tertiary/aromatic N) is 3.